The van der Waals surface area contributed by atoms with Crippen LogP contribution in [0.15, 0.2) is 48.5 Å². The molecule has 0 atom stereocenters. The summed E-state index contributed by atoms with van der Waals surface area (Å²) in [5.74, 6) is 6.96. The summed E-state index contributed by atoms with van der Waals surface area (Å²) in [7, 11) is 0. The molecule has 0 heterocycles. The Kier molecular flexibility index (Phi) is 3.42. The van der Waals surface area contributed by atoms with Crippen molar-refractivity contribution in [2.24, 2.45) is 17.8 Å². The summed E-state index contributed by atoms with van der Waals surface area (Å²) in [5, 5.41) is 0. The van der Waals surface area contributed by atoms with Crippen LogP contribution in [0, 0.1) is 30.1 Å². The van der Waals surface area contributed by atoms with Crippen LogP contribution in [0.5, 0.6) is 11.5 Å². The molecule has 6 rings (SSSR count). The molecule has 0 aromatic heterocycles. The fraction of sp³-hybridized carbons (Fsp3) is 0.417. The van der Waals surface area contributed by atoms with Gasteiger partial charge in [-0.3, -0.25) is 0 Å². The van der Waals surface area contributed by atoms with Crippen LogP contribution in [0.1, 0.15) is 49.7 Å². The Morgan fingerprint density at radius 1 is 0.800 bits per heavy atom. The van der Waals surface area contributed by atoms with Crippen LogP contribution < -0.4 is 4.74 Å². The van der Waals surface area contributed by atoms with E-state index in [4.69, 9.17) is 11.2 Å². The van der Waals surface area contributed by atoms with Crippen LogP contribution in [0.4, 0.5) is 0 Å². The summed E-state index contributed by atoms with van der Waals surface area (Å²) in [5.41, 5.74) is 2.42. The highest BCUT2D eigenvalue weighted by molar-refractivity contribution is 5.49. The van der Waals surface area contributed by atoms with Crippen LogP contribution >= 0.6 is 0 Å². The van der Waals surface area contributed by atoms with Crippen LogP contribution in [0.2, 0.25) is 0 Å². The molecule has 0 aliphatic heterocycles. The van der Waals surface area contributed by atoms with E-state index in [0.29, 0.717) is 11.0 Å². The fourth-order valence-electron chi connectivity index (χ4n) is 6.21. The minimum absolute atomic E-state index is 0.314. The van der Waals surface area contributed by atoms with Gasteiger partial charge in [0.15, 0.2) is 0 Å². The van der Waals surface area contributed by atoms with Crippen molar-refractivity contribution in [2.75, 3.05) is 0 Å². The average molecular weight is 327 g/mol. The summed E-state index contributed by atoms with van der Waals surface area (Å²) in [6, 6.07) is 16.3. The van der Waals surface area contributed by atoms with Crippen molar-refractivity contribution in [3.05, 3.63) is 66.1 Å². The second-order valence-electron chi connectivity index (χ2n) is 8.42. The molecule has 0 unspecified atom stereocenters. The molecule has 4 saturated carbocycles. The molecule has 25 heavy (non-hydrogen) atoms. The second-order valence-corrected chi connectivity index (χ2v) is 8.42. The summed E-state index contributed by atoms with van der Waals surface area (Å²) in [6.07, 6.45) is 15.9. The maximum Gasteiger partial charge on any atom is 0.143 e. The largest absolute Gasteiger partial charge is 0.456 e. The lowest BCUT2D eigenvalue weighted by Crippen LogP contribution is -2.48. The number of hydrogen-bond donors (Lipinski definition) is 0. The number of rotatable bonds is 3. The van der Waals surface area contributed by atoms with Gasteiger partial charge in [0.05, 0.1) is 5.56 Å². The maximum absolute atomic E-state index is 7.51. The van der Waals surface area contributed by atoms with Gasteiger partial charge in [-0.2, -0.15) is 0 Å². The van der Waals surface area contributed by atoms with Gasteiger partial charge in [0.2, 0.25) is 0 Å². The Morgan fingerprint density at radius 3 is 2.00 bits per heavy atom. The third-order valence-corrected chi connectivity index (χ3v) is 6.74. The second kappa shape index (κ2) is 5.67. The van der Waals surface area contributed by atoms with Gasteiger partial charge < -0.3 is 4.74 Å². The minimum atomic E-state index is 0.314. The van der Waals surface area contributed by atoms with Crippen molar-refractivity contribution >= 4 is 0 Å². The molecule has 1 heteroatoms. The monoisotopic (exact) mass is 327 g/mol. The number of para-hydroxylation sites is 2. The van der Waals surface area contributed by atoms with E-state index < -0.39 is 0 Å². The van der Waals surface area contributed by atoms with Crippen LogP contribution in [0.3, 0.4) is 0 Å². The molecular formula is C24H23O. The molecule has 1 nitrogen and oxygen atoms in total. The zero-order valence-electron chi connectivity index (χ0n) is 14.5. The first-order chi connectivity index (χ1) is 12.3. The maximum atomic E-state index is 7.51. The number of ether oxygens (including phenoxy) is 1. The van der Waals surface area contributed by atoms with Gasteiger partial charge in [-0.15, -0.1) is 0 Å². The molecule has 0 amide bonds. The number of benzene rings is 2. The summed E-state index contributed by atoms with van der Waals surface area (Å²) in [4.78, 5) is 0. The molecule has 2 aromatic rings. The van der Waals surface area contributed by atoms with E-state index in [1.807, 2.05) is 24.3 Å². The van der Waals surface area contributed by atoms with Gasteiger partial charge in [-0.25, -0.2) is 0 Å². The molecule has 4 bridgehead atoms. The SMILES string of the molecule is [C]#Cc1ccccc1Oc1ccccc1C12CC3CC(CC(C3)C1)C2. The Hall–Kier alpha value is -2.20. The molecule has 0 spiro atoms. The summed E-state index contributed by atoms with van der Waals surface area (Å²) in [6.45, 7) is 0. The van der Waals surface area contributed by atoms with E-state index in [-0.39, 0.29) is 0 Å². The lowest BCUT2D eigenvalue weighted by molar-refractivity contribution is -0.00598. The molecule has 4 aliphatic carbocycles. The third-order valence-electron chi connectivity index (χ3n) is 6.74. The lowest BCUT2D eigenvalue weighted by Gasteiger charge is -2.57. The van der Waals surface area contributed by atoms with Crippen LogP contribution in [-0.2, 0) is 5.41 Å². The molecule has 1 radical (unpaired) electrons. The molecular weight excluding hydrogens is 304 g/mol. The van der Waals surface area contributed by atoms with Gasteiger partial charge in [0, 0.05) is 5.56 Å². The van der Waals surface area contributed by atoms with E-state index in [0.717, 1.165) is 29.3 Å². The first kappa shape index (κ1) is 15.1. The van der Waals surface area contributed by atoms with Gasteiger partial charge in [0.1, 0.15) is 11.5 Å². The quantitative estimate of drug-likeness (QED) is 0.639. The third kappa shape index (κ3) is 2.47. The standard InChI is InChI=1S/C24H23O/c1-2-20-7-3-5-9-22(20)25-23-10-6-4-8-21(23)24-14-17-11-18(15-24)13-19(12-17)16-24/h3-10,17-19H,11-16H2. The Labute approximate surface area is 150 Å². The Balaban J connectivity index is 1.55. The Morgan fingerprint density at radius 2 is 1.36 bits per heavy atom. The molecule has 2 aromatic carbocycles. The van der Waals surface area contributed by atoms with E-state index in [2.05, 4.69) is 30.2 Å². The van der Waals surface area contributed by atoms with Crippen molar-refractivity contribution in [1.82, 2.24) is 0 Å². The van der Waals surface area contributed by atoms with Crippen molar-refractivity contribution in [2.45, 2.75) is 43.9 Å². The van der Waals surface area contributed by atoms with Crippen LogP contribution in [-0.4, -0.2) is 0 Å². The predicted molar refractivity (Wildman–Crippen MR) is 99.0 cm³/mol. The van der Waals surface area contributed by atoms with Crippen molar-refractivity contribution in [3.8, 4) is 17.4 Å². The van der Waals surface area contributed by atoms with Gasteiger partial charge >= 0.3 is 0 Å². The molecule has 0 N–H and O–H groups in total. The normalized spacial score (nSPS) is 32.4. The summed E-state index contributed by atoms with van der Waals surface area (Å²) >= 11 is 0. The lowest BCUT2D eigenvalue weighted by atomic mass is 9.48. The highest BCUT2D eigenvalue weighted by atomic mass is 16.5. The van der Waals surface area contributed by atoms with E-state index in [1.165, 1.54) is 44.1 Å². The molecule has 4 aliphatic rings. The van der Waals surface area contributed by atoms with Crippen molar-refractivity contribution in [3.63, 3.8) is 0 Å². The fourth-order valence-corrected chi connectivity index (χ4v) is 6.21. The Bertz CT molecular complexity index is 806. The smallest absolute Gasteiger partial charge is 0.143 e. The zero-order valence-corrected chi connectivity index (χ0v) is 14.5. The first-order valence-electron chi connectivity index (χ1n) is 9.55. The molecule has 125 valence electrons. The van der Waals surface area contributed by atoms with Crippen LogP contribution in [0.25, 0.3) is 0 Å². The zero-order chi connectivity index (χ0) is 16.9. The highest BCUT2D eigenvalue weighted by Crippen LogP contribution is 2.62. The van der Waals surface area contributed by atoms with Gasteiger partial charge in [-0.1, -0.05) is 30.3 Å². The van der Waals surface area contributed by atoms with Crippen molar-refractivity contribution < 1.29 is 4.74 Å². The van der Waals surface area contributed by atoms with E-state index in [1.54, 1.807) is 0 Å². The van der Waals surface area contributed by atoms with E-state index in [9.17, 15) is 0 Å². The van der Waals surface area contributed by atoms with Gasteiger partial charge in [0.25, 0.3) is 0 Å². The van der Waals surface area contributed by atoms with Gasteiger partial charge in [-0.05, 0) is 92.2 Å². The predicted octanol–water partition coefficient (Wildman–Crippen LogP) is 5.88. The molecule has 4 fully saturated rings. The first-order valence-corrected chi connectivity index (χ1v) is 9.55. The molecule has 0 saturated heterocycles. The van der Waals surface area contributed by atoms with Crippen molar-refractivity contribution in [1.29, 1.82) is 0 Å². The highest BCUT2D eigenvalue weighted by Gasteiger charge is 2.52. The minimum Gasteiger partial charge on any atom is -0.456 e. The average Bonchev–Trinajstić information content (AvgIpc) is 2.61. The van der Waals surface area contributed by atoms with E-state index >= 15 is 0 Å². The topological polar surface area (TPSA) is 9.23 Å². The number of hydrogen-bond acceptors (Lipinski definition) is 1. The summed E-state index contributed by atoms with van der Waals surface area (Å²) < 4.78 is 6.34.